The highest BCUT2D eigenvalue weighted by Crippen LogP contribution is 2.34. The van der Waals surface area contributed by atoms with Crippen LogP contribution in [0.2, 0.25) is 0 Å². The number of ether oxygens (including phenoxy) is 1. The number of anilines is 1. The fourth-order valence-corrected chi connectivity index (χ4v) is 3.21. The fraction of sp³-hybridized carbons (Fsp3) is 0.250. The van der Waals surface area contributed by atoms with E-state index in [9.17, 15) is 4.79 Å². The molecule has 2 aromatic carbocycles. The maximum absolute atomic E-state index is 11.9. The van der Waals surface area contributed by atoms with Crippen LogP contribution in [0, 0.1) is 6.92 Å². The highest BCUT2D eigenvalue weighted by atomic mass is 16.5. The number of fused-ring (bicyclic) bond motifs is 3. The fourth-order valence-electron chi connectivity index (χ4n) is 3.21. The normalized spacial score (nSPS) is 13.7. The highest BCUT2D eigenvalue weighted by molar-refractivity contribution is 5.85. The first kappa shape index (κ1) is 14.8. The molecule has 1 aliphatic heterocycles. The van der Waals surface area contributed by atoms with Gasteiger partial charge in [-0.2, -0.15) is 0 Å². The van der Waals surface area contributed by atoms with E-state index in [-0.39, 0.29) is 5.63 Å². The molecule has 3 aromatic rings. The minimum Gasteiger partial charge on any atom is -0.473 e. The third-order valence-electron chi connectivity index (χ3n) is 4.56. The van der Waals surface area contributed by atoms with Crippen molar-refractivity contribution in [3.8, 4) is 5.75 Å². The summed E-state index contributed by atoms with van der Waals surface area (Å²) in [6.45, 7) is 5.26. The number of aryl methyl sites for hydroxylation is 2. The molecular formula is C20H19NO3. The lowest BCUT2D eigenvalue weighted by atomic mass is 10.0. The van der Waals surface area contributed by atoms with Crippen LogP contribution < -0.4 is 15.3 Å². The summed E-state index contributed by atoms with van der Waals surface area (Å²) in [6.07, 6.45) is 0.795. The zero-order chi connectivity index (χ0) is 16.7. The first-order chi connectivity index (χ1) is 11.7. The summed E-state index contributed by atoms with van der Waals surface area (Å²) in [5, 5.41) is 0.991. The van der Waals surface area contributed by atoms with Gasteiger partial charge in [-0.25, -0.2) is 4.79 Å². The van der Waals surface area contributed by atoms with Gasteiger partial charge in [0, 0.05) is 17.1 Å². The summed E-state index contributed by atoms with van der Waals surface area (Å²) < 4.78 is 11.4. The van der Waals surface area contributed by atoms with Crippen LogP contribution in [0.4, 0.5) is 5.69 Å². The van der Waals surface area contributed by atoms with Crippen LogP contribution in [0.15, 0.2) is 51.7 Å². The van der Waals surface area contributed by atoms with Gasteiger partial charge in [0.15, 0.2) is 6.73 Å². The van der Waals surface area contributed by atoms with Crippen molar-refractivity contribution >= 4 is 16.7 Å². The van der Waals surface area contributed by atoms with Gasteiger partial charge in [-0.15, -0.1) is 0 Å². The van der Waals surface area contributed by atoms with Crippen molar-refractivity contribution in [2.45, 2.75) is 26.8 Å². The van der Waals surface area contributed by atoms with E-state index < -0.39 is 0 Å². The smallest absolute Gasteiger partial charge is 0.336 e. The largest absolute Gasteiger partial charge is 0.473 e. The molecule has 0 atom stereocenters. The molecule has 0 aliphatic carbocycles. The molecule has 0 N–H and O–H groups in total. The van der Waals surface area contributed by atoms with Crippen molar-refractivity contribution in [1.82, 2.24) is 0 Å². The lowest BCUT2D eigenvalue weighted by molar-refractivity contribution is 0.289. The zero-order valence-electron chi connectivity index (χ0n) is 13.8. The average Bonchev–Trinajstić information content (AvgIpc) is 2.61. The molecule has 0 saturated heterocycles. The molecule has 0 fully saturated rings. The van der Waals surface area contributed by atoms with Crippen molar-refractivity contribution in [3.05, 3.63) is 69.6 Å². The zero-order valence-corrected chi connectivity index (χ0v) is 13.8. The van der Waals surface area contributed by atoms with Crippen LogP contribution in [-0.4, -0.2) is 6.73 Å². The van der Waals surface area contributed by atoms with Crippen LogP contribution in [0.25, 0.3) is 11.0 Å². The molecule has 122 valence electrons. The summed E-state index contributed by atoms with van der Waals surface area (Å²) in [5.74, 6) is 0.794. The van der Waals surface area contributed by atoms with Crippen LogP contribution in [-0.2, 0) is 13.0 Å². The third kappa shape index (κ3) is 2.44. The second-order valence-electron chi connectivity index (χ2n) is 6.17. The third-order valence-corrected chi connectivity index (χ3v) is 4.56. The maximum atomic E-state index is 11.9. The predicted octanol–water partition coefficient (Wildman–Crippen LogP) is 4.02. The van der Waals surface area contributed by atoms with Crippen molar-refractivity contribution in [3.63, 3.8) is 0 Å². The number of hydrogen-bond acceptors (Lipinski definition) is 4. The Bertz CT molecular complexity index is 957. The van der Waals surface area contributed by atoms with E-state index in [1.54, 1.807) is 6.07 Å². The summed E-state index contributed by atoms with van der Waals surface area (Å²) >= 11 is 0. The van der Waals surface area contributed by atoms with Gasteiger partial charge in [-0.3, -0.25) is 0 Å². The van der Waals surface area contributed by atoms with Gasteiger partial charge in [0.1, 0.15) is 11.3 Å². The molecule has 4 nitrogen and oxygen atoms in total. The molecule has 4 heteroatoms. The Kier molecular flexibility index (Phi) is 3.53. The van der Waals surface area contributed by atoms with Gasteiger partial charge >= 0.3 is 5.63 Å². The van der Waals surface area contributed by atoms with E-state index >= 15 is 0 Å². The second-order valence-corrected chi connectivity index (χ2v) is 6.17. The van der Waals surface area contributed by atoms with E-state index in [0.717, 1.165) is 34.4 Å². The topological polar surface area (TPSA) is 42.7 Å². The molecule has 4 rings (SSSR count). The van der Waals surface area contributed by atoms with Gasteiger partial charge < -0.3 is 14.1 Å². The molecule has 0 amide bonds. The predicted molar refractivity (Wildman–Crippen MR) is 94.7 cm³/mol. The van der Waals surface area contributed by atoms with E-state index in [0.29, 0.717) is 18.9 Å². The van der Waals surface area contributed by atoms with Crippen LogP contribution in [0.1, 0.15) is 23.6 Å². The van der Waals surface area contributed by atoms with Gasteiger partial charge in [0.05, 0.1) is 12.1 Å². The summed E-state index contributed by atoms with van der Waals surface area (Å²) in [5.41, 5.74) is 4.61. The minimum absolute atomic E-state index is 0.305. The molecule has 2 heterocycles. The van der Waals surface area contributed by atoms with Crippen molar-refractivity contribution < 1.29 is 9.15 Å². The van der Waals surface area contributed by atoms with Gasteiger partial charge in [0.2, 0.25) is 0 Å². The Labute approximate surface area is 140 Å². The highest BCUT2D eigenvalue weighted by Gasteiger charge is 2.22. The first-order valence-corrected chi connectivity index (χ1v) is 8.18. The average molecular weight is 321 g/mol. The number of hydrogen-bond donors (Lipinski definition) is 0. The van der Waals surface area contributed by atoms with Crippen LogP contribution >= 0.6 is 0 Å². The lowest BCUT2D eigenvalue weighted by Crippen LogP contribution is -2.32. The van der Waals surface area contributed by atoms with E-state index in [1.807, 2.05) is 19.1 Å². The molecule has 0 spiro atoms. The standard InChI is InChI=1S/C20H19NO3/c1-3-14-10-19(22)24-20-16(14)8-9-18-17(20)11-21(12-23-18)15-6-4-13(2)5-7-15/h4-10H,3,11-12H2,1-2H3. The van der Waals surface area contributed by atoms with Gasteiger partial charge in [0.25, 0.3) is 0 Å². The van der Waals surface area contributed by atoms with E-state index in [4.69, 9.17) is 9.15 Å². The summed E-state index contributed by atoms with van der Waals surface area (Å²) in [4.78, 5) is 14.1. The molecular weight excluding hydrogens is 302 g/mol. The molecule has 0 saturated carbocycles. The minimum atomic E-state index is -0.305. The maximum Gasteiger partial charge on any atom is 0.336 e. The molecule has 1 aliphatic rings. The van der Waals surface area contributed by atoms with E-state index in [1.165, 1.54) is 5.56 Å². The monoisotopic (exact) mass is 321 g/mol. The Morgan fingerprint density at radius 1 is 1.12 bits per heavy atom. The van der Waals surface area contributed by atoms with Crippen molar-refractivity contribution in [1.29, 1.82) is 0 Å². The van der Waals surface area contributed by atoms with Crippen molar-refractivity contribution in [2.75, 3.05) is 11.6 Å². The summed E-state index contributed by atoms with van der Waals surface area (Å²) in [6, 6.07) is 13.9. The first-order valence-electron chi connectivity index (χ1n) is 8.18. The molecule has 1 aromatic heterocycles. The quantitative estimate of drug-likeness (QED) is 0.669. The molecule has 24 heavy (non-hydrogen) atoms. The van der Waals surface area contributed by atoms with Crippen LogP contribution in [0.3, 0.4) is 0 Å². The Morgan fingerprint density at radius 3 is 2.67 bits per heavy atom. The van der Waals surface area contributed by atoms with Crippen molar-refractivity contribution in [2.24, 2.45) is 0 Å². The Morgan fingerprint density at radius 2 is 1.92 bits per heavy atom. The second kappa shape index (κ2) is 5.71. The SMILES string of the molecule is CCc1cc(=O)oc2c3c(ccc12)OCN(c1ccc(C)cc1)C3. The lowest BCUT2D eigenvalue weighted by Gasteiger charge is -2.31. The number of nitrogens with zero attached hydrogens (tertiary/aromatic N) is 1. The van der Waals surface area contributed by atoms with Gasteiger partial charge in [-0.1, -0.05) is 24.6 Å². The molecule has 0 bridgehead atoms. The van der Waals surface area contributed by atoms with E-state index in [2.05, 4.69) is 36.1 Å². The van der Waals surface area contributed by atoms with Crippen LogP contribution in [0.5, 0.6) is 5.75 Å². The summed E-state index contributed by atoms with van der Waals surface area (Å²) in [7, 11) is 0. The Hall–Kier alpha value is -2.75. The number of rotatable bonds is 2. The Balaban J connectivity index is 1.83. The molecule has 0 unspecified atom stereocenters. The molecule has 0 radical (unpaired) electrons. The van der Waals surface area contributed by atoms with Gasteiger partial charge in [-0.05, 0) is 43.2 Å². The number of benzene rings is 2.